The van der Waals surface area contributed by atoms with Gasteiger partial charge in [-0.3, -0.25) is 4.79 Å². The van der Waals surface area contributed by atoms with Gasteiger partial charge in [0, 0.05) is 18.0 Å². The van der Waals surface area contributed by atoms with Crippen molar-refractivity contribution >= 4 is 17.6 Å². The third kappa shape index (κ3) is 3.35. The molecule has 0 bridgehead atoms. The summed E-state index contributed by atoms with van der Waals surface area (Å²) in [5.74, 6) is -1.24. The lowest BCUT2D eigenvalue weighted by Gasteiger charge is -2.13. The molecular formula is C16H18N2O4. The fourth-order valence-electron chi connectivity index (χ4n) is 1.91. The molecule has 1 aromatic carbocycles. The highest BCUT2D eigenvalue weighted by molar-refractivity contribution is 5.96. The van der Waals surface area contributed by atoms with Crippen LogP contribution in [0.4, 0.5) is 5.69 Å². The molecule has 0 spiro atoms. The SMILES string of the molecule is CC(C)C(=O)Nc1cc(CN)ccc1-c1ccc(C(=O)O)o1. The summed E-state index contributed by atoms with van der Waals surface area (Å²) in [4.78, 5) is 22.9. The highest BCUT2D eigenvalue weighted by Crippen LogP contribution is 2.31. The van der Waals surface area contributed by atoms with Crippen LogP contribution in [0.2, 0.25) is 0 Å². The van der Waals surface area contributed by atoms with Crippen molar-refractivity contribution in [2.45, 2.75) is 20.4 Å². The maximum Gasteiger partial charge on any atom is 0.371 e. The second-order valence-corrected chi connectivity index (χ2v) is 5.20. The van der Waals surface area contributed by atoms with Gasteiger partial charge in [0.25, 0.3) is 0 Å². The van der Waals surface area contributed by atoms with Crippen molar-refractivity contribution in [2.24, 2.45) is 11.7 Å². The predicted octanol–water partition coefficient (Wildman–Crippen LogP) is 2.70. The molecular weight excluding hydrogens is 284 g/mol. The minimum Gasteiger partial charge on any atom is -0.475 e. The van der Waals surface area contributed by atoms with E-state index < -0.39 is 5.97 Å². The Labute approximate surface area is 127 Å². The number of furan rings is 1. The molecule has 2 aromatic rings. The number of hydrogen-bond acceptors (Lipinski definition) is 4. The number of carbonyl (C=O) groups excluding carboxylic acids is 1. The lowest BCUT2D eigenvalue weighted by atomic mass is 10.1. The Kier molecular flexibility index (Phi) is 4.62. The number of nitrogens with two attached hydrogens (primary N) is 1. The Morgan fingerprint density at radius 2 is 2.00 bits per heavy atom. The van der Waals surface area contributed by atoms with Gasteiger partial charge in [0.05, 0.1) is 5.69 Å². The quantitative estimate of drug-likeness (QED) is 0.787. The van der Waals surface area contributed by atoms with Crippen molar-refractivity contribution in [3.05, 3.63) is 41.7 Å². The first-order valence-corrected chi connectivity index (χ1v) is 6.89. The zero-order valence-electron chi connectivity index (χ0n) is 12.4. The molecule has 0 saturated heterocycles. The van der Waals surface area contributed by atoms with Crippen LogP contribution in [0.25, 0.3) is 11.3 Å². The molecule has 2 rings (SSSR count). The van der Waals surface area contributed by atoms with Crippen LogP contribution in [0.5, 0.6) is 0 Å². The van der Waals surface area contributed by atoms with Crippen LogP contribution < -0.4 is 11.1 Å². The summed E-state index contributed by atoms with van der Waals surface area (Å²) >= 11 is 0. The lowest BCUT2D eigenvalue weighted by Crippen LogP contribution is -2.18. The number of anilines is 1. The lowest BCUT2D eigenvalue weighted by molar-refractivity contribution is -0.118. The molecule has 4 N–H and O–H groups in total. The van der Waals surface area contributed by atoms with Crippen molar-refractivity contribution in [1.82, 2.24) is 0 Å². The number of carboxylic acid groups (broad SMARTS) is 1. The number of carbonyl (C=O) groups is 2. The molecule has 1 amide bonds. The van der Waals surface area contributed by atoms with E-state index in [-0.39, 0.29) is 17.6 Å². The van der Waals surface area contributed by atoms with Gasteiger partial charge in [0.1, 0.15) is 5.76 Å². The molecule has 0 saturated carbocycles. The predicted molar refractivity (Wildman–Crippen MR) is 82.5 cm³/mol. The zero-order valence-corrected chi connectivity index (χ0v) is 12.4. The Morgan fingerprint density at radius 3 is 2.55 bits per heavy atom. The molecule has 22 heavy (non-hydrogen) atoms. The number of aromatic carboxylic acids is 1. The van der Waals surface area contributed by atoms with E-state index in [4.69, 9.17) is 15.3 Å². The maximum absolute atomic E-state index is 11.9. The van der Waals surface area contributed by atoms with Gasteiger partial charge in [-0.15, -0.1) is 0 Å². The molecule has 0 unspecified atom stereocenters. The number of rotatable bonds is 5. The van der Waals surface area contributed by atoms with Gasteiger partial charge in [-0.2, -0.15) is 0 Å². The van der Waals surface area contributed by atoms with Crippen molar-refractivity contribution in [3.63, 3.8) is 0 Å². The Bertz CT molecular complexity index is 704. The van der Waals surface area contributed by atoms with E-state index in [0.717, 1.165) is 5.56 Å². The first-order chi connectivity index (χ1) is 10.4. The Hall–Kier alpha value is -2.60. The average Bonchev–Trinajstić information content (AvgIpc) is 2.96. The van der Waals surface area contributed by atoms with Gasteiger partial charge < -0.3 is 20.6 Å². The second kappa shape index (κ2) is 6.44. The monoisotopic (exact) mass is 302 g/mol. The molecule has 6 heteroatoms. The largest absolute Gasteiger partial charge is 0.475 e. The number of benzene rings is 1. The number of carboxylic acids is 1. The van der Waals surface area contributed by atoms with Crippen molar-refractivity contribution in [1.29, 1.82) is 0 Å². The van der Waals surface area contributed by atoms with E-state index in [1.807, 2.05) is 6.07 Å². The van der Waals surface area contributed by atoms with Gasteiger partial charge in [0.2, 0.25) is 11.7 Å². The van der Waals surface area contributed by atoms with Crippen molar-refractivity contribution in [3.8, 4) is 11.3 Å². The molecule has 0 radical (unpaired) electrons. The minimum absolute atomic E-state index is 0.138. The van der Waals surface area contributed by atoms with Gasteiger partial charge in [-0.1, -0.05) is 19.9 Å². The van der Waals surface area contributed by atoms with Crippen LogP contribution >= 0.6 is 0 Å². The molecule has 0 atom stereocenters. The van der Waals surface area contributed by atoms with E-state index in [9.17, 15) is 9.59 Å². The summed E-state index contributed by atoms with van der Waals surface area (Å²) in [7, 11) is 0. The molecule has 0 fully saturated rings. The van der Waals surface area contributed by atoms with Crippen LogP contribution in [-0.2, 0) is 11.3 Å². The minimum atomic E-state index is -1.14. The van der Waals surface area contributed by atoms with Crippen LogP contribution in [0, 0.1) is 5.92 Å². The standard InChI is InChI=1S/C16H18N2O4/c1-9(2)15(19)18-12-7-10(8-17)3-4-11(12)13-5-6-14(22-13)16(20)21/h3-7,9H,8,17H2,1-2H3,(H,18,19)(H,20,21). The smallest absolute Gasteiger partial charge is 0.371 e. The second-order valence-electron chi connectivity index (χ2n) is 5.20. The molecule has 0 aliphatic rings. The molecule has 0 aliphatic carbocycles. The van der Waals surface area contributed by atoms with E-state index in [2.05, 4.69) is 5.32 Å². The van der Waals surface area contributed by atoms with Gasteiger partial charge in [-0.25, -0.2) is 4.79 Å². The third-order valence-electron chi connectivity index (χ3n) is 3.18. The molecule has 6 nitrogen and oxygen atoms in total. The van der Waals surface area contributed by atoms with Crippen LogP contribution in [0.1, 0.15) is 30.0 Å². The first kappa shape index (κ1) is 15.8. The number of hydrogen-bond donors (Lipinski definition) is 3. The van der Waals surface area contributed by atoms with E-state index in [1.54, 1.807) is 32.0 Å². The molecule has 0 aliphatic heterocycles. The molecule has 1 heterocycles. The summed E-state index contributed by atoms with van der Waals surface area (Å²) in [5.41, 5.74) is 7.64. The van der Waals surface area contributed by atoms with Gasteiger partial charge in [-0.05, 0) is 29.8 Å². The summed E-state index contributed by atoms with van der Waals surface area (Å²) in [6.45, 7) is 3.91. The highest BCUT2D eigenvalue weighted by atomic mass is 16.4. The first-order valence-electron chi connectivity index (χ1n) is 6.89. The average molecular weight is 302 g/mol. The third-order valence-corrected chi connectivity index (χ3v) is 3.18. The van der Waals surface area contributed by atoms with E-state index in [1.165, 1.54) is 6.07 Å². The van der Waals surface area contributed by atoms with Crippen LogP contribution in [0.15, 0.2) is 34.7 Å². The normalized spacial score (nSPS) is 10.7. The Morgan fingerprint density at radius 1 is 1.27 bits per heavy atom. The van der Waals surface area contributed by atoms with E-state index in [0.29, 0.717) is 23.6 Å². The van der Waals surface area contributed by atoms with Crippen molar-refractivity contribution in [2.75, 3.05) is 5.32 Å². The van der Waals surface area contributed by atoms with Crippen LogP contribution in [-0.4, -0.2) is 17.0 Å². The fraction of sp³-hybridized carbons (Fsp3) is 0.250. The number of amides is 1. The summed E-state index contributed by atoms with van der Waals surface area (Å²) in [5, 5.41) is 11.8. The number of nitrogens with one attached hydrogen (secondary N) is 1. The highest BCUT2D eigenvalue weighted by Gasteiger charge is 2.16. The Balaban J connectivity index is 2.44. The van der Waals surface area contributed by atoms with Gasteiger partial charge in [0.15, 0.2) is 0 Å². The fourth-order valence-corrected chi connectivity index (χ4v) is 1.91. The molecule has 1 aromatic heterocycles. The molecule has 116 valence electrons. The van der Waals surface area contributed by atoms with Crippen LogP contribution in [0.3, 0.4) is 0 Å². The van der Waals surface area contributed by atoms with Gasteiger partial charge >= 0.3 is 5.97 Å². The van der Waals surface area contributed by atoms with Crippen molar-refractivity contribution < 1.29 is 19.1 Å². The maximum atomic E-state index is 11.9. The summed E-state index contributed by atoms with van der Waals surface area (Å²) in [6.07, 6.45) is 0. The topological polar surface area (TPSA) is 106 Å². The summed E-state index contributed by atoms with van der Waals surface area (Å²) < 4.78 is 5.31. The van der Waals surface area contributed by atoms with E-state index >= 15 is 0 Å². The summed E-state index contributed by atoms with van der Waals surface area (Å²) in [6, 6.07) is 8.26. The zero-order chi connectivity index (χ0) is 16.3.